The van der Waals surface area contributed by atoms with Crippen LogP contribution in [0.2, 0.25) is 0 Å². The van der Waals surface area contributed by atoms with Crippen LogP contribution in [0, 0.1) is 41.4 Å². The van der Waals surface area contributed by atoms with Crippen LogP contribution in [-0.2, 0) is 19.1 Å². The quantitative estimate of drug-likeness (QED) is 0.602. The summed E-state index contributed by atoms with van der Waals surface area (Å²) in [6.45, 7) is 7.45. The summed E-state index contributed by atoms with van der Waals surface area (Å²) in [5.41, 5.74) is 0. The van der Waals surface area contributed by atoms with Gasteiger partial charge in [-0.2, -0.15) is 0 Å². The van der Waals surface area contributed by atoms with Crippen LogP contribution < -0.4 is 0 Å². The predicted molar refractivity (Wildman–Crippen MR) is 119 cm³/mol. The maximum atomic E-state index is 12.9. The standard InChI is InChI=1S/C25H41NO6/c1-14-7-9-19(21-12-31-15(2)8-10-18(14)21)16(3)25(30)32-13-22(27)26-11-17-5-4-6-20(17)23(26)24(28)29/h14-21,23,25,30H,4-13H2,1-3H3,(H,28,29)/t14-,15?,16-,17+,18+,19+,20+,21?,23+,25-/m1/s1. The molecule has 0 aromatic heterocycles. The number of hydrogen-bond donors (Lipinski definition) is 2. The van der Waals surface area contributed by atoms with Crippen LogP contribution in [0.25, 0.3) is 0 Å². The number of nitrogens with zero attached hydrogens (tertiary/aromatic N) is 1. The van der Waals surface area contributed by atoms with Gasteiger partial charge in [0.1, 0.15) is 12.6 Å². The Labute approximate surface area is 191 Å². The molecule has 2 aliphatic carbocycles. The fraction of sp³-hybridized carbons (Fsp3) is 0.920. The van der Waals surface area contributed by atoms with E-state index in [0.717, 1.165) is 45.1 Å². The minimum absolute atomic E-state index is 0.0547. The number of ether oxygens (including phenoxy) is 2. The van der Waals surface area contributed by atoms with Gasteiger partial charge in [0.15, 0.2) is 6.29 Å². The van der Waals surface area contributed by atoms with Gasteiger partial charge in [-0.1, -0.05) is 26.7 Å². The van der Waals surface area contributed by atoms with Gasteiger partial charge in [-0.3, -0.25) is 4.79 Å². The zero-order valence-electron chi connectivity index (χ0n) is 19.8. The number of hydrogen-bond acceptors (Lipinski definition) is 5. The van der Waals surface area contributed by atoms with E-state index < -0.39 is 18.3 Å². The van der Waals surface area contributed by atoms with Gasteiger partial charge in [0.2, 0.25) is 5.91 Å². The lowest BCUT2D eigenvalue weighted by Gasteiger charge is -2.44. The number of aliphatic hydroxyl groups excluding tert-OH is 1. The lowest BCUT2D eigenvalue weighted by atomic mass is 9.62. The van der Waals surface area contributed by atoms with Crippen molar-refractivity contribution in [2.45, 2.75) is 84.2 Å². The highest BCUT2D eigenvalue weighted by Crippen LogP contribution is 2.47. The van der Waals surface area contributed by atoms with Crippen molar-refractivity contribution < 1.29 is 29.3 Å². The average Bonchev–Trinajstić information content (AvgIpc) is 3.29. The normalized spacial score (nSPS) is 41.4. The molecule has 2 unspecified atom stereocenters. The number of rotatable bonds is 6. The number of carboxylic acids is 1. The second kappa shape index (κ2) is 9.98. The average molecular weight is 452 g/mol. The van der Waals surface area contributed by atoms with E-state index in [-0.39, 0.29) is 36.4 Å². The number of aliphatic carboxylic acids is 1. The monoisotopic (exact) mass is 451 g/mol. The van der Waals surface area contributed by atoms with Crippen LogP contribution in [0.3, 0.4) is 0 Å². The van der Waals surface area contributed by atoms with Crippen LogP contribution in [0.15, 0.2) is 0 Å². The molecule has 4 aliphatic rings. The molecule has 2 saturated heterocycles. The molecule has 0 spiro atoms. The first-order valence-corrected chi connectivity index (χ1v) is 12.7. The van der Waals surface area contributed by atoms with Gasteiger partial charge in [-0.25, -0.2) is 4.79 Å². The van der Waals surface area contributed by atoms with E-state index in [1.54, 1.807) is 0 Å². The van der Waals surface area contributed by atoms with Crippen molar-refractivity contribution in [2.75, 3.05) is 19.8 Å². The lowest BCUT2D eigenvalue weighted by molar-refractivity contribution is -0.174. The second-order valence-corrected chi connectivity index (χ2v) is 11.0. The van der Waals surface area contributed by atoms with E-state index in [9.17, 15) is 19.8 Å². The highest BCUT2D eigenvalue weighted by molar-refractivity contribution is 5.85. The van der Waals surface area contributed by atoms with Crippen LogP contribution >= 0.6 is 0 Å². The largest absolute Gasteiger partial charge is 0.480 e. The van der Waals surface area contributed by atoms with Crippen LogP contribution in [0.4, 0.5) is 0 Å². The maximum Gasteiger partial charge on any atom is 0.326 e. The van der Waals surface area contributed by atoms with Gasteiger partial charge in [0.25, 0.3) is 0 Å². The van der Waals surface area contributed by atoms with Crippen molar-refractivity contribution in [3.63, 3.8) is 0 Å². The Morgan fingerprint density at radius 1 is 1.06 bits per heavy atom. The topological polar surface area (TPSA) is 96.3 Å². The third-order valence-corrected chi connectivity index (χ3v) is 9.23. The summed E-state index contributed by atoms with van der Waals surface area (Å²) >= 11 is 0. The van der Waals surface area contributed by atoms with Gasteiger partial charge in [0, 0.05) is 12.5 Å². The Bertz CT molecular complexity index is 685. The van der Waals surface area contributed by atoms with E-state index in [0.29, 0.717) is 30.2 Å². The number of amides is 1. The van der Waals surface area contributed by atoms with Gasteiger partial charge in [0.05, 0.1) is 12.7 Å². The molecule has 2 heterocycles. The number of carbonyl (C=O) groups is 2. The van der Waals surface area contributed by atoms with Crippen molar-refractivity contribution in [2.24, 2.45) is 41.4 Å². The van der Waals surface area contributed by atoms with E-state index in [1.807, 2.05) is 6.92 Å². The molecular weight excluding hydrogens is 410 g/mol. The number of fused-ring (bicyclic) bond motifs is 2. The van der Waals surface area contributed by atoms with Crippen molar-refractivity contribution >= 4 is 11.9 Å². The molecule has 7 nitrogen and oxygen atoms in total. The van der Waals surface area contributed by atoms with Crippen LogP contribution in [0.1, 0.15) is 65.7 Å². The molecule has 0 bridgehead atoms. The zero-order chi connectivity index (χ0) is 23.0. The summed E-state index contributed by atoms with van der Waals surface area (Å²) in [5.74, 6) is 0.961. The molecule has 0 aromatic carbocycles. The highest BCUT2D eigenvalue weighted by Gasteiger charge is 2.49. The summed E-state index contributed by atoms with van der Waals surface area (Å²) in [7, 11) is 0. The lowest BCUT2D eigenvalue weighted by Crippen LogP contribution is -2.46. The number of carboxylic acid groups (broad SMARTS) is 1. The minimum Gasteiger partial charge on any atom is -0.480 e. The van der Waals surface area contributed by atoms with Crippen LogP contribution in [0.5, 0.6) is 0 Å². The fourth-order valence-electron chi connectivity index (χ4n) is 7.29. The first-order valence-electron chi connectivity index (χ1n) is 12.7. The molecule has 0 aromatic rings. The molecule has 4 rings (SSSR count). The second-order valence-electron chi connectivity index (χ2n) is 11.0. The summed E-state index contributed by atoms with van der Waals surface area (Å²) in [5, 5.41) is 20.5. The Morgan fingerprint density at radius 2 is 1.84 bits per heavy atom. The maximum absolute atomic E-state index is 12.9. The third kappa shape index (κ3) is 4.71. The van der Waals surface area contributed by atoms with E-state index in [4.69, 9.17) is 9.47 Å². The predicted octanol–water partition coefficient (Wildman–Crippen LogP) is 3.15. The molecule has 182 valence electrons. The van der Waals surface area contributed by atoms with E-state index >= 15 is 0 Å². The summed E-state index contributed by atoms with van der Waals surface area (Å²) in [6.07, 6.45) is 6.57. The molecule has 2 N–H and O–H groups in total. The molecule has 10 atom stereocenters. The first-order chi connectivity index (χ1) is 15.3. The molecule has 1 amide bonds. The number of aliphatic hydroxyl groups is 1. The van der Waals surface area contributed by atoms with Gasteiger partial charge < -0.3 is 24.6 Å². The Balaban J connectivity index is 1.34. The summed E-state index contributed by atoms with van der Waals surface area (Å²) in [6, 6.07) is -0.751. The van der Waals surface area contributed by atoms with Crippen molar-refractivity contribution in [3.8, 4) is 0 Å². The van der Waals surface area contributed by atoms with Gasteiger partial charge in [-0.15, -0.1) is 0 Å². The molecule has 2 saturated carbocycles. The molecule has 0 radical (unpaired) electrons. The van der Waals surface area contributed by atoms with Crippen molar-refractivity contribution in [1.82, 2.24) is 4.90 Å². The Hall–Kier alpha value is -1.18. The number of carbonyl (C=O) groups excluding carboxylic acids is 1. The van der Waals surface area contributed by atoms with E-state index in [2.05, 4.69) is 13.8 Å². The number of likely N-dealkylation sites (tertiary alicyclic amines) is 1. The third-order valence-electron chi connectivity index (χ3n) is 9.23. The van der Waals surface area contributed by atoms with Gasteiger partial charge in [-0.05, 0) is 74.5 Å². The molecular formula is C25H41NO6. The first kappa shape index (κ1) is 24.0. The molecule has 7 heteroatoms. The summed E-state index contributed by atoms with van der Waals surface area (Å²) in [4.78, 5) is 26.2. The SMILES string of the molecule is CC1CC[C@@H]2C(CO1)[C@H]([C@@H](C)[C@H](O)OCC(=O)N1C[C@@H]3CCC[C@@H]3[C@H]1C(=O)O)CC[C@H]2C. The summed E-state index contributed by atoms with van der Waals surface area (Å²) < 4.78 is 11.7. The van der Waals surface area contributed by atoms with Crippen LogP contribution in [-0.4, -0.2) is 65.2 Å². The fourth-order valence-corrected chi connectivity index (χ4v) is 7.29. The molecule has 4 fully saturated rings. The van der Waals surface area contributed by atoms with E-state index in [1.165, 1.54) is 11.3 Å². The smallest absolute Gasteiger partial charge is 0.326 e. The van der Waals surface area contributed by atoms with Gasteiger partial charge >= 0.3 is 5.97 Å². The Morgan fingerprint density at radius 3 is 2.59 bits per heavy atom. The minimum atomic E-state index is -1.04. The van der Waals surface area contributed by atoms with Crippen molar-refractivity contribution in [3.05, 3.63) is 0 Å². The Kier molecular flexibility index (Phi) is 7.47. The van der Waals surface area contributed by atoms with Crippen molar-refractivity contribution in [1.29, 1.82) is 0 Å². The zero-order valence-corrected chi connectivity index (χ0v) is 19.8. The highest BCUT2D eigenvalue weighted by atomic mass is 16.6. The molecule has 32 heavy (non-hydrogen) atoms. The molecule has 2 aliphatic heterocycles.